The third-order valence-electron chi connectivity index (χ3n) is 4.67. The lowest BCUT2D eigenvalue weighted by molar-refractivity contribution is 0.1000. The molecule has 0 aliphatic carbocycles. The summed E-state index contributed by atoms with van der Waals surface area (Å²) in [4.78, 5) is 11.9. The van der Waals surface area contributed by atoms with Crippen LogP contribution in [-0.2, 0) is 22.8 Å². The van der Waals surface area contributed by atoms with Gasteiger partial charge in [-0.15, -0.1) is 0 Å². The molecule has 1 unspecified atom stereocenters. The quantitative estimate of drug-likeness (QED) is 0.233. The number of aromatic hydroxyl groups is 2. The highest BCUT2D eigenvalue weighted by molar-refractivity contribution is 6.60. The first-order valence-electron chi connectivity index (χ1n) is 9.91. The number of hydrogen-bond donors (Lipinski definition) is 2. The molecule has 0 aromatic heterocycles. The van der Waals surface area contributed by atoms with Crippen LogP contribution in [0.2, 0.25) is 6.04 Å². The molecule has 1 fully saturated rings. The second-order valence-electron chi connectivity index (χ2n) is 6.83. The second kappa shape index (κ2) is 12.5. The molecule has 2 aromatic rings. The summed E-state index contributed by atoms with van der Waals surface area (Å²) in [5, 5.41) is 18.7. The maximum atomic E-state index is 11.9. The summed E-state index contributed by atoms with van der Waals surface area (Å²) in [6.45, 7) is 2.24. The molecule has 0 saturated carbocycles. The van der Waals surface area contributed by atoms with E-state index in [0.29, 0.717) is 24.9 Å². The summed E-state index contributed by atoms with van der Waals surface area (Å²) < 4.78 is 26.3. The van der Waals surface area contributed by atoms with Crippen LogP contribution in [0.4, 0.5) is 0 Å². The highest BCUT2D eigenvalue weighted by Crippen LogP contribution is 2.24. The molecule has 0 spiro atoms. The smallest absolute Gasteiger partial charge is 0.500 e. The minimum absolute atomic E-state index is 0.0675. The number of carbonyl (C=O) groups is 1. The van der Waals surface area contributed by atoms with Gasteiger partial charge >= 0.3 is 8.80 Å². The Bertz CT molecular complexity index is 798. The van der Waals surface area contributed by atoms with Crippen molar-refractivity contribution in [2.24, 2.45) is 0 Å². The molecule has 0 amide bonds. The Morgan fingerprint density at radius 1 is 1.06 bits per heavy atom. The summed E-state index contributed by atoms with van der Waals surface area (Å²) in [6.07, 6.45) is 1.22. The number of rotatable bonds is 11. The second-order valence-corrected chi connectivity index (χ2v) is 9.92. The van der Waals surface area contributed by atoms with E-state index < -0.39 is 8.80 Å². The van der Waals surface area contributed by atoms with Gasteiger partial charge in [0.15, 0.2) is 5.78 Å². The number of benzene rings is 2. The lowest BCUT2D eigenvalue weighted by Crippen LogP contribution is -2.42. The molecule has 0 radical (unpaired) electrons. The fourth-order valence-electron chi connectivity index (χ4n) is 2.78. The molecule has 3 rings (SSSR count). The predicted molar refractivity (Wildman–Crippen MR) is 116 cm³/mol. The minimum Gasteiger partial charge on any atom is -0.508 e. The first-order valence-corrected chi connectivity index (χ1v) is 11.8. The Balaban J connectivity index is 0.000000221. The molecular weight excluding hydrogens is 420 g/mol. The maximum Gasteiger partial charge on any atom is 0.500 e. The molecule has 8 nitrogen and oxygen atoms in total. The molecule has 31 heavy (non-hydrogen) atoms. The molecule has 9 heteroatoms. The van der Waals surface area contributed by atoms with Gasteiger partial charge in [0.1, 0.15) is 17.6 Å². The number of ketones is 1. The number of carbonyl (C=O) groups excluding carboxylic acids is 1. The average Bonchev–Trinajstić information content (AvgIpc) is 3.62. The lowest BCUT2D eigenvalue weighted by Gasteiger charge is -2.24. The van der Waals surface area contributed by atoms with Gasteiger partial charge in [-0.05, 0) is 18.6 Å². The molecule has 170 valence electrons. The molecule has 1 aliphatic heterocycles. The molecular formula is C22H30O8Si. The van der Waals surface area contributed by atoms with Crippen molar-refractivity contribution in [3.63, 3.8) is 0 Å². The Morgan fingerprint density at radius 2 is 1.71 bits per heavy atom. The number of epoxide rings is 1. The minimum atomic E-state index is -2.39. The van der Waals surface area contributed by atoms with Crippen molar-refractivity contribution in [1.82, 2.24) is 0 Å². The average molecular weight is 451 g/mol. The van der Waals surface area contributed by atoms with Crippen LogP contribution in [0.5, 0.6) is 11.5 Å². The zero-order chi connectivity index (χ0) is 22.7. The lowest BCUT2D eigenvalue weighted by atomic mass is 10.0. The van der Waals surface area contributed by atoms with Gasteiger partial charge in [-0.1, -0.05) is 30.3 Å². The maximum absolute atomic E-state index is 11.9. The third kappa shape index (κ3) is 8.06. The van der Waals surface area contributed by atoms with Crippen LogP contribution < -0.4 is 0 Å². The van der Waals surface area contributed by atoms with Gasteiger partial charge in [0.25, 0.3) is 0 Å². The van der Waals surface area contributed by atoms with Gasteiger partial charge in [-0.3, -0.25) is 4.79 Å². The van der Waals surface area contributed by atoms with Gasteiger partial charge in [-0.2, -0.15) is 0 Å². The zero-order valence-electron chi connectivity index (χ0n) is 18.1. The Morgan fingerprint density at radius 3 is 2.26 bits per heavy atom. The van der Waals surface area contributed by atoms with Gasteiger partial charge in [-0.25, -0.2) is 0 Å². The van der Waals surface area contributed by atoms with Crippen molar-refractivity contribution < 1.29 is 37.8 Å². The van der Waals surface area contributed by atoms with Crippen LogP contribution in [-0.4, -0.2) is 72.1 Å². The predicted octanol–water partition coefficient (Wildman–Crippen LogP) is 3.00. The van der Waals surface area contributed by atoms with Crippen LogP contribution in [0.3, 0.4) is 0 Å². The molecule has 1 aliphatic rings. The van der Waals surface area contributed by atoms with E-state index in [0.717, 1.165) is 25.1 Å². The van der Waals surface area contributed by atoms with E-state index in [-0.39, 0.29) is 22.8 Å². The first-order chi connectivity index (χ1) is 14.9. The van der Waals surface area contributed by atoms with Crippen LogP contribution in [0.1, 0.15) is 22.3 Å². The summed E-state index contributed by atoms with van der Waals surface area (Å²) in [5.41, 5.74) is 0.687. The van der Waals surface area contributed by atoms with E-state index in [1.807, 2.05) is 6.07 Å². The van der Waals surface area contributed by atoms with Crippen molar-refractivity contribution in [2.45, 2.75) is 18.6 Å². The van der Waals surface area contributed by atoms with E-state index in [4.69, 9.17) is 27.9 Å². The Kier molecular flexibility index (Phi) is 10.1. The molecule has 2 aromatic carbocycles. The van der Waals surface area contributed by atoms with Gasteiger partial charge < -0.3 is 33.0 Å². The molecule has 1 saturated heterocycles. The monoisotopic (exact) mass is 450 g/mol. The number of ether oxygens (including phenoxy) is 2. The molecule has 1 heterocycles. The molecule has 2 N–H and O–H groups in total. The molecule has 0 bridgehead atoms. The fraction of sp³-hybridized carbons (Fsp3) is 0.409. The highest BCUT2D eigenvalue weighted by Gasteiger charge is 2.36. The van der Waals surface area contributed by atoms with E-state index in [1.54, 1.807) is 45.6 Å². The van der Waals surface area contributed by atoms with Crippen LogP contribution in [0, 0.1) is 0 Å². The normalized spacial score (nSPS) is 15.1. The van der Waals surface area contributed by atoms with Crippen molar-refractivity contribution in [1.29, 1.82) is 0 Å². The SMILES string of the molecule is CO[Si](CCCOCC1CO1)(OC)OC.O=C(c1ccccc1)c1ccc(O)cc1O. The number of phenolic OH excluding ortho intramolecular Hbond substituents is 2. The van der Waals surface area contributed by atoms with E-state index in [1.165, 1.54) is 12.1 Å². The van der Waals surface area contributed by atoms with Crippen molar-refractivity contribution in [2.75, 3.05) is 41.2 Å². The summed E-state index contributed by atoms with van der Waals surface area (Å²) in [5.74, 6) is -0.547. The van der Waals surface area contributed by atoms with E-state index in [2.05, 4.69) is 0 Å². The van der Waals surface area contributed by atoms with Gasteiger partial charge in [0.05, 0.1) is 18.8 Å². The van der Waals surface area contributed by atoms with Crippen molar-refractivity contribution >= 4 is 14.6 Å². The number of hydrogen-bond acceptors (Lipinski definition) is 8. The van der Waals surface area contributed by atoms with Crippen LogP contribution >= 0.6 is 0 Å². The van der Waals surface area contributed by atoms with Crippen LogP contribution in [0.25, 0.3) is 0 Å². The van der Waals surface area contributed by atoms with E-state index >= 15 is 0 Å². The first kappa shape index (κ1) is 25.0. The number of phenols is 2. The Hall–Kier alpha value is -2.27. The zero-order valence-corrected chi connectivity index (χ0v) is 19.1. The summed E-state index contributed by atoms with van der Waals surface area (Å²) >= 11 is 0. The summed E-state index contributed by atoms with van der Waals surface area (Å²) in [7, 11) is 2.48. The third-order valence-corrected chi connectivity index (χ3v) is 7.50. The topological polar surface area (TPSA) is 107 Å². The van der Waals surface area contributed by atoms with Crippen molar-refractivity contribution in [3.8, 4) is 11.5 Å². The van der Waals surface area contributed by atoms with E-state index in [9.17, 15) is 9.90 Å². The standard InChI is InChI=1S/C13H10O3.C9H20O5Si/c14-10-6-7-11(12(15)8-10)13(16)9-4-2-1-3-5-9;1-10-15(11-2,12-3)6-4-5-13-7-9-8-14-9/h1-8,14-15H;9H,4-8H2,1-3H3. The largest absolute Gasteiger partial charge is 0.508 e. The van der Waals surface area contributed by atoms with Gasteiger partial charge in [0, 0.05) is 45.6 Å². The summed E-state index contributed by atoms with van der Waals surface area (Å²) in [6, 6.07) is 13.4. The van der Waals surface area contributed by atoms with Crippen molar-refractivity contribution in [3.05, 3.63) is 59.7 Å². The fourth-order valence-corrected chi connectivity index (χ4v) is 4.47. The Labute approximate surface area is 183 Å². The van der Waals surface area contributed by atoms with Crippen LogP contribution in [0.15, 0.2) is 48.5 Å². The highest BCUT2D eigenvalue weighted by atomic mass is 28.4. The van der Waals surface area contributed by atoms with Gasteiger partial charge in [0.2, 0.25) is 0 Å². The molecule has 1 atom stereocenters.